The SMILES string of the molecule is Cc1ncc(S(=O)(=O)NC(C(=N)N)C(C)C)[nH]1. The van der Waals surface area contributed by atoms with Gasteiger partial charge in [0.05, 0.1) is 12.2 Å². The van der Waals surface area contributed by atoms with Crippen LogP contribution in [0.3, 0.4) is 0 Å². The zero-order valence-electron chi connectivity index (χ0n) is 9.98. The molecule has 1 atom stereocenters. The summed E-state index contributed by atoms with van der Waals surface area (Å²) >= 11 is 0. The number of aromatic nitrogens is 2. The molecule has 0 bridgehead atoms. The number of nitrogens with zero attached hydrogens (tertiary/aromatic N) is 1. The Balaban J connectivity index is 2.97. The fourth-order valence-corrected chi connectivity index (χ4v) is 2.66. The molecule has 1 heterocycles. The van der Waals surface area contributed by atoms with Crippen LogP contribution in [0.5, 0.6) is 0 Å². The highest BCUT2D eigenvalue weighted by Gasteiger charge is 2.25. The second kappa shape index (κ2) is 4.84. The minimum atomic E-state index is -3.72. The third-order valence-corrected chi connectivity index (χ3v) is 3.60. The first kappa shape index (κ1) is 13.7. The van der Waals surface area contributed by atoms with E-state index in [0.29, 0.717) is 5.82 Å². The Morgan fingerprint density at radius 1 is 1.59 bits per heavy atom. The van der Waals surface area contributed by atoms with Gasteiger partial charge < -0.3 is 10.7 Å². The molecule has 0 spiro atoms. The predicted molar refractivity (Wildman–Crippen MR) is 64.2 cm³/mol. The third-order valence-electron chi connectivity index (χ3n) is 2.25. The van der Waals surface area contributed by atoms with Crippen LogP contribution in [0.4, 0.5) is 0 Å². The van der Waals surface area contributed by atoms with E-state index in [1.54, 1.807) is 20.8 Å². The summed E-state index contributed by atoms with van der Waals surface area (Å²) in [6.07, 6.45) is 1.23. The zero-order valence-corrected chi connectivity index (χ0v) is 10.8. The molecule has 0 radical (unpaired) electrons. The molecular weight excluding hydrogens is 242 g/mol. The van der Waals surface area contributed by atoms with Crippen molar-refractivity contribution in [1.29, 1.82) is 5.41 Å². The number of nitrogens with one attached hydrogen (secondary N) is 3. The number of imidazole rings is 1. The number of hydrogen-bond donors (Lipinski definition) is 4. The van der Waals surface area contributed by atoms with Crippen LogP contribution in [-0.2, 0) is 10.0 Å². The molecule has 5 N–H and O–H groups in total. The Morgan fingerprint density at radius 3 is 2.53 bits per heavy atom. The highest BCUT2D eigenvalue weighted by Crippen LogP contribution is 2.09. The van der Waals surface area contributed by atoms with E-state index in [1.807, 2.05) is 0 Å². The van der Waals surface area contributed by atoms with Crippen LogP contribution in [0.1, 0.15) is 19.7 Å². The van der Waals surface area contributed by atoms with Crippen molar-refractivity contribution in [2.45, 2.75) is 31.8 Å². The van der Waals surface area contributed by atoms with Crippen LogP contribution >= 0.6 is 0 Å². The van der Waals surface area contributed by atoms with Crippen LogP contribution in [0.15, 0.2) is 11.2 Å². The molecule has 0 fully saturated rings. The molecule has 0 amide bonds. The van der Waals surface area contributed by atoms with Crippen LogP contribution in [0.2, 0.25) is 0 Å². The monoisotopic (exact) mass is 259 g/mol. The Labute approximate surface area is 100 Å². The summed E-state index contributed by atoms with van der Waals surface area (Å²) in [6.45, 7) is 5.23. The number of rotatable bonds is 5. The molecule has 1 aromatic heterocycles. The van der Waals surface area contributed by atoms with Gasteiger partial charge in [-0.1, -0.05) is 13.8 Å². The molecule has 1 rings (SSSR count). The van der Waals surface area contributed by atoms with Gasteiger partial charge in [0.2, 0.25) is 0 Å². The first-order valence-electron chi connectivity index (χ1n) is 5.12. The largest absolute Gasteiger partial charge is 0.386 e. The summed E-state index contributed by atoms with van der Waals surface area (Å²) in [4.78, 5) is 6.45. The van der Waals surface area contributed by atoms with E-state index in [2.05, 4.69) is 14.7 Å². The fraction of sp³-hybridized carbons (Fsp3) is 0.556. The van der Waals surface area contributed by atoms with Crippen molar-refractivity contribution < 1.29 is 8.42 Å². The molecule has 17 heavy (non-hydrogen) atoms. The van der Waals surface area contributed by atoms with Gasteiger partial charge in [0.25, 0.3) is 10.0 Å². The quantitative estimate of drug-likeness (QED) is 0.437. The van der Waals surface area contributed by atoms with E-state index in [9.17, 15) is 8.42 Å². The molecule has 0 aliphatic carbocycles. The van der Waals surface area contributed by atoms with Crippen LogP contribution in [0, 0.1) is 18.3 Å². The lowest BCUT2D eigenvalue weighted by Gasteiger charge is -2.20. The standard InChI is InChI=1S/C9H17N5O2S/c1-5(2)8(9(10)11)14-17(15,16)7-4-12-6(3)13-7/h4-5,8,14H,1-3H3,(H3,10,11)(H,12,13). The minimum Gasteiger partial charge on any atom is -0.386 e. The van der Waals surface area contributed by atoms with Crippen molar-refractivity contribution in [2.24, 2.45) is 11.7 Å². The molecule has 8 heteroatoms. The first-order chi connectivity index (χ1) is 7.74. The van der Waals surface area contributed by atoms with Gasteiger partial charge in [0.1, 0.15) is 11.7 Å². The Bertz CT molecular complexity index is 505. The number of aryl methyl sites for hydroxylation is 1. The molecule has 0 aliphatic rings. The van der Waals surface area contributed by atoms with Gasteiger partial charge in [-0.25, -0.2) is 13.4 Å². The lowest BCUT2D eigenvalue weighted by Crippen LogP contribution is -2.47. The normalized spacial score (nSPS) is 13.9. The zero-order chi connectivity index (χ0) is 13.2. The van der Waals surface area contributed by atoms with Crippen LogP contribution in [0.25, 0.3) is 0 Å². The van der Waals surface area contributed by atoms with Gasteiger partial charge in [-0.15, -0.1) is 0 Å². The highest BCUT2D eigenvalue weighted by molar-refractivity contribution is 7.89. The van der Waals surface area contributed by atoms with Crippen LogP contribution in [-0.4, -0.2) is 30.3 Å². The molecule has 0 saturated heterocycles. The topological polar surface area (TPSA) is 125 Å². The first-order valence-corrected chi connectivity index (χ1v) is 6.60. The molecule has 96 valence electrons. The van der Waals surface area contributed by atoms with Gasteiger partial charge in [-0.05, 0) is 12.8 Å². The molecule has 0 aromatic carbocycles. The number of hydrogen-bond acceptors (Lipinski definition) is 4. The van der Waals surface area contributed by atoms with E-state index in [1.165, 1.54) is 6.20 Å². The van der Waals surface area contributed by atoms with Gasteiger partial charge >= 0.3 is 0 Å². The van der Waals surface area contributed by atoms with Crippen molar-refractivity contribution in [3.8, 4) is 0 Å². The molecular formula is C9H17N5O2S. The van der Waals surface area contributed by atoms with Crippen LogP contribution < -0.4 is 10.5 Å². The Hall–Kier alpha value is -1.41. The summed E-state index contributed by atoms with van der Waals surface area (Å²) in [5.41, 5.74) is 5.36. The number of nitrogens with two attached hydrogens (primary N) is 1. The summed E-state index contributed by atoms with van der Waals surface area (Å²) in [7, 11) is -3.72. The number of sulfonamides is 1. The Kier molecular flexibility index (Phi) is 3.89. The van der Waals surface area contributed by atoms with E-state index >= 15 is 0 Å². The number of aromatic amines is 1. The molecule has 0 saturated carbocycles. The highest BCUT2D eigenvalue weighted by atomic mass is 32.2. The second-order valence-corrected chi connectivity index (χ2v) is 5.81. The van der Waals surface area contributed by atoms with E-state index < -0.39 is 16.1 Å². The van der Waals surface area contributed by atoms with Crippen molar-refractivity contribution in [1.82, 2.24) is 14.7 Å². The lowest BCUT2D eigenvalue weighted by atomic mass is 10.1. The van der Waals surface area contributed by atoms with Crippen molar-refractivity contribution in [2.75, 3.05) is 0 Å². The summed E-state index contributed by atoms with van der Waals surface area (Å²) in [5, 5.41) is 7.33. The van der Waals surface area contributed by atoms with Crippen molar-refractivity contribution in [3.05, 3.63) is 12.0 Å². The molecule has 7 nitrogen and oxygen atoms in total. The third kappa shape index (κ3) is 3.27. The average molecular weight is 259 g/mol. The van der Waals surface area contributed by atoms with Gasteiger partial charge in [-0.2, -0.15) is 4.72 Å². The molecule has 1 unspecified atom stereocenters. The van der Waals surface area contributed by atoms with Gasteiger partial charge in [-0.3, -0.25) is 5.41 Å². The Morgan fingerprint density at radius 2 is 2.18 bits per heavy atom. The number of amidine groups is 1. The van der Waals surface area contributed by atoms with Crippen molar-refractivity contribution in [3.63, 3.8) is 0 Å². The van der Waals surface area contributed by atoms with E-state index in [-0.39, 0.29) is 16.8 Å². The number of H-pyrrole nitrogens is 1. The smallest absolute Gasteiger partial charge is 0.258 e. The summed E-state index contributed by atoms with van der Waals surface area (Å²) < 4.78 is 26.2. The molecule has 1 aromatic rings. The predicted octanol–water partition coefficient (Wildman–Crippen LogP) is -0.0430. The maximum absolute atomic E-state index is 11.9. The summed E-state index contributed by atoms with van der Waals surface area (Å²) in [5.74, 6) is 0.195. The summed E-state index contributed by atoms with van der Waals surface area (Å²) in [6, 6.07) is -0.719. The van der Waals surface area contributed by atoms with E-state index in [4.69, 9.17) is 11.1 Å². The maximum Gasteiger partial charge on any atom is 0.258 e. The second-order valence-electron chi connectivity index (χ2n) is 4.13. The minimum absolute atomic E-state index is 0.0260. The molecule has 0 aliphatic heterocycles. The fourth-order valence-electron chi connectivity index (χ4n) is 1.32. The van der Waals surface area contributed by atoms with Gasteiger partial charge in [0.15, 0.2) is 5.03 Å². The average Bonchev–Trinajstić information content (AvgIpc) is 2.61. The van der Waals surface area contributed by atoms with Gasteiger partial charge in [0, 0.05) is 0 Å². The maximum atomic E-state index is 11.9. The van der Waals surface area contributed by atoms with Crippen molar-refractivity contribution >= 4 is 15.9 Å². The van der Waals surface area contributed by atoms with E-state index in [0.717, 1.165) is 0 Å². The lowest BCUT2D eigenvalue weighted by molar-refractivity contribution is 0.520.